The van der Waals surface area contributed by atoms with Crippen LogP contribution < -0.4 is 14.8 Å². The Morgan fingerprint density at radius 3 is 2.57 bits per heavy atom. The first-order valence-electron chi connectivity index (χ1n) is 6.76. The molecule has 2 aromatic rings. The van der Waals surface area contributed by atoms with Crippen LogP contribution in [0.3, 0.4) is 0 Å². The Balaban J connectivity index is 2.48. The molecule has 0 bridgehead atoms. The molecular weight excluding hydrogens is 290 g/mol. The number of ether oxygens (including phenoxy) is 2. The average molecular weight is 310 g/mol. The molecule has 1 heterocycles. The van der Waals surface area contributed by atoms with Gasteiger partial charge in [0.2, 0.25) is 0 Å². The van der Waals surface area contributed by atoms with Crippen LogP contribution in [0, 0.1) is 0 Å². The second kappa shape index (κ2) is 6.83. The Hall–Kier alpha value is -1.72. The van der Waals surface area contributed by atoms with Gasteiger partial charge in [-0.3, -0.25) is 4.68 Å². The molecule has 1 atom stereocenters. The summed E-state index contributed by atoms with van der Waals surface area (Å²) in [5.41, 5.74) is 1.97. The number of hydrogen-bond donors (Lipinski definition) is 1. The minimum atomic E-state index is -0.0697. The van der Waals surface area contributed by atoms with Gasteiger partial charge in [0.15, 0.2) is 11.5 Å². The molecule has 1 aromatic carbocycles. The van der Waals surface area contributed by atoms with Crippen molar-refractivity contribution >= 4 is 11.6 Å². The number of methoxy groups -OCH3 is 2. The number of nitrogens with one attached hydrogen (secondary N) is 1. The Morgan fingerprint density at radius 2 is 2.00 bits per heavy atom. The number of rotatable bonds is 6. The van der Waals surface area contributed by atoms with E-state index >= 15 is 0 Å². The fourth-order valence-corrected chi connectivity index (χ4v) is 2.65. The topological polar surface area (TPSA) is 48.3 Å². The summed E-state index contributed by atoms with van der Waals surface area (Å²) in [6, 6.07) is 5.76. The zero-order chi connectivity index (χ0) is 15.4. The van der Waals surface area contributed by atoms with E-state index in [-0.39, 0.29) is 6.04 Å². The lowest BCUT2D eigenvalue weighted by atomic mass is 10.0. The summed E-state index contributed by atoms with van der Waals surface area (Å²) in [7, 11) is 5.14. The van der Waals surface area contributed by atoms with Gasteiger partial charge in [0.25, 0.3) is 0 Å². The molecule has 5 nitrogen and oxygen atoms in total. The minimum Gasteiger partial charge on any atom is -0.493 e. The van der Waals surface area contributed by atoms with Gasteiger partial charge in [-0.25, -0.2) is 0 Å². The van der Waals surface area contributed by atoms with Gasteiger partial charge >= 0.3 is 0 Å². The second-order valence-corrected chi connectivity index (χ2v) is 4.94. The molecule has 114 valence electrons. The fourth-order valence-electron chi connectivity index (χ4n) is 2.40. The van der Waals surface area contributed by atoms with Crippen LogP contribution in [0.1, 0.15) is 24.2 Å². The Labute approximate surface area is 129 Å². The van der Waals surface area contributed by atoms with E-state index in [1.165, 1.54) is 0 Å². The predicted octanol–water partition coefficient (Wildman–Crippen LogP) is 2.88. The third-order valence-electron chi connectivity index (χ3n) is 3.44. The van der Waals surface area contributed by atoms with Gasteiger partial charge in [0.1, 0.15) is 0 Å². The van der Waals surface area contributed by atoms with Gasteiger partial charge in [-0.1, -0.05) is 17.7 Å². The maximum absolute atomic E-state index is 6.30. The maximum atomic E-state index is 6.30. The molecule has 0 saturated carbocycles. The zero-order valence-corrected chi connectivity index (χ0v) is 13.4. The van der Waals surface area contributed by atoms with E-state index < -0.39 is 0 Å². The van der Waals surface area contributed by atoms with Crippen molar-refractivity contribution in [1.82, 2.24) is 15.1 Å². The van der Waals surface area contributed by atoms with Crippen LogP contribution in [0.25, 0.3) is 0 Å². The van der Waals surface area contributed by atoms with Gasteiger partial charge in [0, 0.05) is 6.54 Å². The number of halogens is 1. The summed E-state index contributed by atoms with van der Waals surface area (Å²) in [4.78, 5) is 0. The third kappa shape index (κ3) is 2.99. The molecule has 0 fully saturated rings. The van der Waals surface area contributed by atoms with Crippen LogP contribution in [0.15, 0.2) is 24.4 Å². The van der Waals surface area contributed by atoms with Crippen molar-refractivity contribution in [3.05, 3.63) is 40.7 Å². The highest BCUT2D eigenvalue weighted by Gasteiger charge is 2.21. The third-order valence-corrected chi connectivity index (χ3v) is 3.73. The van der Waals surface area contributed by atoms with Crippen molar-refractivity contribution < 1.29 is 9.47 Å². The van der Waals surface area contributed by atoms with Crippen molar-refractivity contribution in [2.45, 2.75) is 19.5 Å². The number of benzene rings is 1. The molecule has 2 rings (SSSR count). The highest BCUT2D eigenvalue weighted by molar-refractivity contribution is 6.31. The van der Waals surface area contributed by atoms with E-state index in [0.29, 0.717) is 16.5 Å². The molecule has 6 heteroatoms. The molecule has 0 amide bonds. The predicted molar refractivity (Wildman–Crippen MR) is 83.4 cm³/mol. The number of aryl methyl sites for hydroxylation is 1. The van der Waals surface area contributed by atoms with Gasteiger partial charge in [-0.15, -0.1) is 0 Å². The van der Waals surface area contributed by atoms with Gasteiger partial charge < -0.3 is 14.8 Å². The highest BCUT2D eigenvalue weighted by Crippen LogP contribution is 2.34. The number of aromatic nitrogens is 2. The molecule has 0 aliphatic rings. The first-order chi connectivity index (χ1) is 10.2. The van der Waals surface area contributed by atoms with E-state index in [9.17, 15) is 0 Å². The van der Waals surface area contributed by atoms with Crippen LogP contribution in [0.5, 0.6) is 11.5 Å². The van der Waals surface area contributed by atoms with E-state index in [2.05, 4.69) is 10.4 Å². The quantitative estimate of drug-likeness (QED) is 0.891. The molecule has 1 unspecified atom stereocenters. The van der Waals surface area contributed by atoms with Crippen LogP contribution in [-0.2, 0) is 6.54 Å². The Morgan fingerprint density at radius 1 is 1.29 bits per heavy atom. The normalized spacial score (nSPS) is 12.2. The Kier molecular flexibility index (Phi) is 5.09. The molecule has 1 N–H and O–H groups in total. The monoisotopic (exact) mass is 309 g/mol. The largest absolute Gasteiger partial charge is 0.493 e. The minimum absolute atomic E-state index is 0.0697. The van der Waals surface area contributed by atoms with Crippen molar-refractivity contribution in [3.8, 4) is 11.5 Å². The lowest BCUT2D eigenvalue weighted by Crippen LogP contribution is -2.21. The van der Waals surface area contributed by atoms with Crippen LogP contribution >= 0.6 is 11.6 Å². The van der Waals surface area contributed by atoms with Crippen LogP contribution in [0.4, 0.5) is 0 Å². The van der Waals surface area contributed by atoms with E-state index in [4.69, 9.17) is 21.1 Å². The molecule has 0 saturated heterocycles. The molecule has 1 aromatic heterocycles. The summed E-state index contributed by atoms with van der Waals surface area (Å²) in [6.45, 7) is 2.79. The maximum Gasteiger partial charge on any atom is 0.161 e. The van der Waals surface area contributed by atoms with Crippen molar-refractivity contribution in [2.24, 2.45) is 0 Å². The SMILES string of the molecule is CCn1ncc(Cl)c1C(NC)c1ccc(OC)c(OC)c1. The van der Waals surface area contributed by atoms with Crippen molar-refractivity contribution in [1.29, 1.82) is 0 Å². The molecule has 0 radical (unpaired) electrons. The highest BCUT2D eigenvalue weighted by atomic mass is 35.5. The van der Waals surface area contributed by atoms with E-state index in [1.807, 2.05) is 36.9 Å². The average Bonchev–Trinajstić information content (AvgIpc) is 2.89. The van der Waals surface area contributed by atoms with Crippen LogP contribution in [0.2, 0.25) is 5.02 Å². The summed E-state index contributed by atoms with van der Waals surface area (Å²) in [5, 5.41) is 8.22. The summed E-state index contributed by atoms with van der Waals surface area (Å²) in [6.07, 6.45) is 1.67. The summed E-state index contributed by atoms with van der Waals surface area (Å²) in [5.74, 6) is 1.39. The molecule has 0 spiro atoms. The van der Waals surface area contributed by atoms with Gasteiger partial charge in [0.05, 0.1) is 37.2 Å². The molecule has 0 aliphatic heterocycles. The fraction of sp³-hybridized carbons (Fsp3) is 0.400. The summed E-state index contributed by atoms with van der Waals surface area (Å²) >= 11 is 6.30. The Bertz CT molecular complexity index is 613. The van der Waals surface area contributed by atoms with Crippen molar-refractivity contribution in [3.63, 3.8) is 0 Å². The lowest BCUT2D eigenvalue weighted by Gasteiger charge is -2.20. The number of nitrogens with zero attached hydrogens (tertiary/aromatic N) is 2. The first-order valence-corrected chi connectivity index (χ1v) is 7.14. The smallest absolute Gasteiger partial charge is 0.161 e. The lowest BCUT2D eigenvalue weighted by molar-refractivity contribution is 0.354. The van der Waals surface area contributed by atoms with Gasteiger partial charge in [-0.05, 0) is 31.7 Å². The standard InChI is InChI=1S/C15H20ClN3O2/c1-5-19-15(11(16)9-18-19)14(17-2)10-6-7-12(20-3)13(8-10)21-4/h6-9,14,17H,5H2,1-4H3. The van der Waals surface area contributed by atoms with E-state index in [1.54, 1.807) is 20.4 Å². The molecular formula is C15H20ClN3O2. The van der Waals surface area contributed by atoms with Crippen molar-refractivity contribution in [2.75, 3.05) is 21.3 Å². The number of hydrogen-bond acceptors (Lipinski definition) is 4. The molecule has 0 aliphatic carbocycles. The zero-order valence-electron chi connectivity index (χ0n) is 12.7. The molecule has 21 heavy (non-hydrogen) atoms. The van der Waals surface area contributed by atoms with Gasteiger partial charge in [-0.2, -0.15) is 5.10 Å². The second-order valence-electron chi connectivity index (χ2n) is 4.53. The first kappa shape index (κ1) is 15.7. The van der Waals surface area contributed by atoms with E-state index in [0.717, 1.165) is 17.8 Å². The van der Waals surface area contributed by atoms with Crippen LogP contribution in [-0.4, -0.2) is 31.0 Å². The summed E-state index contributed by atoms with van der Waals surface area (Å²) < 4.78 is 12.5.